The van der Waals surface area contributed by atoms with E-state index in [2.05, 4.69) is 0 Å². The highest BCUT2D eigenvalue weighted by Crippen LogP contribution is 2.24. The minimum Gasteiger partial charge on any atom is -0.458 e. The summed E-state index contributed by atoms with van der Waals surface area (Å²) in [7, 11) is 0. The van der Waals surface area contributed by atoms with Crippen molar-refractivity contribution in [3.05, 3.63) is 23.7 Å². The summed E-state index contributed by atoms with van der Waals surface area (Å²) in [6.45, 7) is 8.02. The Bertz CT molecular complexity index is 556. The number of ketones is 1. The third-order valence-electron chi connectivity index (χ3n) is 3.94. The Labute approximate surface area is 138 Å². The first-order valence-electron chi connectivity index (χ1n) is 8.35. The molecule has 0 N–H and O–H groups in total. The molecule has 1 saturated heterocycles. The average molecular weight is 321 g/mol. The first kappa shape index (κ1) is 17.6. The second-order valence-corrected chi connectivity index (χ2v) is 7.21. The lowest BCUT2D eigenvalue weighted by Gasteiger charge is -2.32. The number of carbonyl (C=O) groups is 2. The number of hydrogen-bond acceptors (Lipinski definition) is 4. The molecule has 128 valence electrons. The number of Topliss-reactive ketones (excluding diaryl/α,β-unsaturated/α-hetero) is 1. The first-order valence-corrected chi connectivity index (χ1v) is 8.35. The molecule has 1 aromatic rings. The zero-order valence-corrected chi connectivity index (χ0v) is 14.6. The molecule has 1 fully saturated rings. The van der Waals surface area contributed by atoms with Crippen LogP contribution in [0.5, 0.6) is 0 Å². The van der Waals surface area contributed by atoms with Gasteiger partial charge in [-0.15, -0.1) is 0 Å². The minimum atomic E-state index is -0.532. The van der Waals surface area contributed by atoms with E-state index in [1.807, 2.05) is 27.7 Å². The van der Waals surface area contributed by atoms with Crippen molar-refractivity contribution in [2.75, 3.05) is 6.54 Å². The Kier molecular flexibility index (Phi) is 5.50. The van der Waals surface area contributed by atoms with Gasteiger partial charge >= 0.3 is 6.09 Å². The summed E-state index contributed by atoms with van der Waals surface area (Å²) < 4.78 is 10.9. The van der Waals surface area contributed by atoms with Crippen LogP contribution in [-0.4, -0.2) is 35.0 Å². The van der Waals surface area contributed by atoms with E-state index in [0.29, 0.717) is 12.3 Å². The van der Waals surface area contributed by atoms with Crippen molar-refractivity contribution in [1.82, 2.24) is 4.90 Å². The van der Waals surface area contributed by atoms with Crippen LogP contribution in [-0.2, 0) is 4.74 Å². The van der Waals surface area contributed by atoms with E-state index in [1.54, 1.807) is 17.0 Å². The Morgan fingerprint density at radius 2 is 2.00 bits per heavy atom. The van der Waals surface area contributed by atoms with E-state index in [-0.39, 0.29) is 24.3 Å². The Morgan fingerprint density at radius 1 is 1.26 bits per heavy atom. The zero-order chi connectivity index (χ0) is 17.0. The van der Waals surface area contributed by atoms with Crippen LogP contribution in [0.1, 0.15) is 69.2 Å². The number of nitrogens with zero attached hydrogens (tertiary/aromatic N) is 1. The topological polar surface area (TPSA) is 59.8 Å². The number of aryl methyl sites for hydroxylation is 1. The van der Waals surface area contributed by atoms with Crippen molar-refractivity contribution in [2.24, 2.45) is 0 Å². The fourth-order valence-electron chi connectivity index (χ4n) is 2.85. The molecule has 0 spiro atoms. The Hall–Kier alpha value is -1.78. The van der Waals surface area contributed by atoms with Gasteiger partial charge in [-0.1, -0.05) is 12.8 Å². The maximum absolute atomic E-state index is 12.5. The molecular weight excluding hydrogens is 294 g/mol. The van der Waals surface area contributed by atoms with E-state index in [0.717, 1.165) is 31.4 Å². The largest absolute Gasteiger partial charge is 0.458 e. The lowest BCUT2D eigenvalue weighted by Crippen LogP contribution is -2.44. The van der Waals surface area contributed by atoms with Gasteiger partial charge in [-0.25, -0.2) is 4.79 Å². The molecule has 1 atom stereocenters. The second kappa shape index (κ2) is 7.20. The number of carbonyl (C=O) groups excluding carboxylic acids is 2. The van der Waals surface area contributed by atoms with Crippen LogP contribution >= 0.6 is 0 Å². The van der Waals surface area contributed by atoms with Gasteiger partial charge in [0.1, 0.15) is 11.4 Å². The summed E-state index contributed by atoms with van der Waals surface area (Å²) in [5.41, 5.74) is -0.532. The van der Waals surface area contributed by atoms with Crippen molar-refractivity contribution in [3.63, 3.8) is 0 Å². The summed E-state index contributed by atoms with van der Waals surface area (Å²) in [5, 5.41) is 0. The molecule has 0 radical (unpaired) electrons. The van der Waals surface area contributed by atoms with E-state index >= 15 is 0 Å². The molecule has 5 heteroatoms. The average Bonchev–Trinajstić information content (AvgIpc) is 2.73. The Morgan fingerprint density at radius 3 is 2.61 bits per heavy atom. The molecule has 23 heavy (non-hydrogen) atoms. The minimum absolute atomic E-state index is 0.0569. The predicted molar refractivity (Wildman–Crippen MR) is 87.6 cm³/mol. The molecule has 2 rings (SSSR count). The van der Waals surface area contributed by atoms with Crippen LogP contribution < -0.4 is 0 Å². The predicted octanol–water partition coefficient (Wildman–Crippen LogP) is 4.34. The van der Waals surface area contributed by atoms with Gasteiger partial charge in [-0.2, -0.15) is 0 Å². The first-order chi connectivity index (χ1) is 10.8. The molecule has 0 aromatic carbocycles. The summed E-state index contributed by atoms with van der Waals surface area (Å²) in [4.78, 5) is 26.6. The van der Waals surface area contributed by atoms with Crippen molar-refractivity contribution < 1.29 is 18.7 Å². The summed E-state index contributed by atoms with van der Waals surface area (Å²) in [6, 6.07) is 3.36. The zero-order valence-electron chi connectivity index (χ0n) is 14.6. The number of amides is 1. The highest BCUT2D eigenvalue weighted by molar-refractivity contribution is 5.94. The van der Waals surface area contributed by atoms with Gasteiger partial charge in [0.2, 0.25) is 0 Å². The third-order valence-corrected chi connectivity index (χ3v) is 3.94. The van der Waals surface area contributed by atoms with Gasteiger partial charge in [0, 0.05) is 19.0 Å². The molecular formula is C18H27NO4. The lowest BCUT2D eigenvalue weighted by atomic mass is 10.0. The molecule has 1 aliphatic heterocycles. The molecule has 0 aliphatic carbocycles. The van der Waals surface area contributed by atoms with Crippen LogP contribution in [0.25, 0.3) is 0 Å². The monoisotopic (exact) mass is 321 g/mol. The van der Waals surface area contributed by atoms with Gasteiger partial charge in [-0.3, -0.25) is 4.79 Å². The van der Waals surface area contributed by atoms with Crippen LogP contribution in [0.4, 0.5) is 4.79 Å². The van der Waals surface area contributed by atoms with Gasteiger partial charge < -0.3 is 14.1 Å². The van der Waals surface area contributed by atoms with E-state index < -0.39 is 5.60 Å². The highest BCUT2D eigenvalue weighted by atomic mass is 16.6. The van der Waals surface area contributed by atoms with E-state index in [1.165, 1.54) is 0 Å². The second-order valence-electron chi connectivity index (χ2n) is 7.21. The van der Waals surface area contributed by atoms with Gasteiger partial charge in [0.25, 0.3) is 0 Å². The van der Waals surface area contributed by atoms with Crippen molar-refractivity contribution in [1.29, 1.82) is 0 Å². The standard InChI is InChI=1S/C18H27NO4/c1-13-9-10-16(22-13)15(20)12-14-8-6-5-7-11-19(14)17(21)23-18(2,3)4/h9-10,14H,5-8,11-12H2,1-4H3. The van der Waals surface area contributed by atoms with Gasteiger partial charge in [0.05, 0.1) is 0 Å². The number of rotatable bonds is 3. The maximum Gasteiger partial charge on any atom is 0.410 e. The van der Waals surface area contributed by atoms with Crippen LogP contribution in [0.2, 0.25) is 0 Å². The molecule has 1 aliphatic rings. The van der Waals surface area contributed by atoms with Crippen LogP contribution in [0.15, 0.2) is 16.5 Å². The van der Waals surface area contributed by atoms with Crippen molar-refractivity contribution in [3.8, 4) is 0 Å². The normalized spacial score (nSPS) is 19.3. The SMILES string of the molecule is Cc1ccc(C(=O)CC2CCCCCN2C(=O)OC(C)(C)C)o1. The van der Waals surface area contributed by atoms with Crippen LogP contribution in [0, 0.1) is 6.92 Å². The maximum atomic E-state index is 12.5. The van der Waals surface area contributed by atoms with Crippen molar-refractivity contribution in [2.45, 2.75) is 71.4 Å². The summed E-state index contributed by atoms with van der Waals surface area (Å²) in [5.74, 6) is 1.03. The highest BCUT2D eigenvalue weighted by Gasteiger charge is 2.31. The molecule has 0 saturated carbocycles. The summed E-state index contributed by atoms with van der Waals surface area (Å²) in [6.07, 6.45) is 3.83. The molecule has 1 aromatic heterocycles. The molecule has 1 amide bonds. The third kappa shape index (κ3) is 5.12. The molecule has 2 heterocycles. The van der Waals surface area contributed by atoms with Gasteiger partial charge in [0.15, 0.2) is 11.5 Å². The number of furan rings is 1. The molecule has 1 unspecified atom stereocenters. The van der Waals surface area contributed by atoms with E-state index in [9.17, 15) is 9.59 Å². The van der Waals surface area contributed by atoms with Gasteiger partial charge in [-0.05, 0) is 52.7 Å². The molecule has 5 nitrogen and oxygen atoms in total. The Balaban J connectivity index is 2.08. The number of likely N-dealkylation sites (tertiary alicyclic amines) is 1. The molecule has 0 bridgehead atoms. The number of ether oxygens (including phenoxy) is 1. The number of hydrogen-bond donors (Lipinski definition) is 0. The fraction of sp³-hybridized carbons (Fsp3) is 0.667. The fourth-order valence-corrected chi connectivity index (χ4v) is 2.85. The lowest BCUT2D eigenvalue weighted by molar-refractivity contribution is 0.0161. The smallest absolute Gasteiger partial charge is 0.410 e. The summed E-state index contributed by atoms with van der Waals surface area (Å²) >= 11 is 0. The van der Waals surface area contributed by atoms with Crippen molar-refractivity contribution >= 4 is 11.9 Å². The quantitative estimate of drug-likeness (QED) is 0.777. The van der Waals surface area contributed by atoms with E-state index in [4.69, 9.17) is 9.15 Å². The van der Waals surface area contributed by atoms with Crippen LogP contribution in [0.3, 0.4) is 0 Å².